The number of hydrogen-bond donors (Lipinski definition) is 1. The molecule has 3 heterocycles. The number of nitrogen functional groups attached to an aromatic ring is 1. The molecule has 0 atom stereocenters. The Morgan fingerprint density at radius 1 is 1.09 bits per heavy atom. The first-order chi connectivity index (χ1) is 10.7. The van der Waals surface area contributed by atoms with Gasteiger partial charge in [0, 0.05) is 29.6 Å². The van der Waals surface area contributed by atoms with E-state index in [9.17, 15) is 4.39 Å². The molecule has 2 aromatic heterocycles. The van der Waals surface area contributed by atoms with Crippen molar-refractivity contribution < 1.29 is 4.39 Å². The zero-order valence-corrected chi connectivity index (χ0v) is 12.0. The second kappa shape index (κ2) is 4.94. The molecule has 4 rings (SSSR count). The Hall–Kier alpha value is -2.69. The Morgan fingerprint density at radius 3 is 2.68 bits per heavy atom. The summed E-state index contributed by atoms with van der Waals surface area (Å²) in [6, 6.07) is 10.3. The van der Waals surface area contributed by atoms with Crippen molar-refractivity contribution in [1.82, 2.24) is 14.8 Å². The molecule has 0 saturated carbocycles. The first kappa shape index (κ1) is 13.0. The first-order valence-electron chi connectivity index (χ1n) is 7.30. The van der Waals surface area contributed by atoms with Crippen LogP contribution in [0.1, 0.15) is 12.1 Å². The fraction of sp³-hybridized carbons (Fsp3) is 0.176. The normalized spacial score (nSPS) is 13.3. The Kier molecular flexibility index (Phi) is 2.92. The third kappa shape index (κ3) is 2.06. The van der Waals surface area contributed by atoms with Crippen LogP contribution in [0.4, 0.5) is 10.2 Å². The molecule has 0 spiro atoms. The number of pyridine rings is 1. The smallest absolute Gasteiger partial charge is 0.123 e. The SMILES string of the molecule is Nc1cc(-c2c(-c3ccc(F)cc3)nn3c2CCC3)ccn1. The lowest BCUT2D eigenvalue weighted by molar-refractivity contribution is 0.628. The average molecular weight is 294 g/mol. The van der Waals surface area contributed by atoms with Crippen molar-refractivity contribution in [3.8, 4) is 22.4 Å². The van der Waals surface area contributed by atoms with Crippen LogP contribution in [-0.2, 0) is 13.0 Å². The van der Waals surface area contributed by atoms with Crippen LogP contribution in [-0.4, -0.2) is 14.8 Å². The monoisotopic (exact) mass is 294 g/mol. The highest BCUT2D eigenvalue weighted by Gasteiger charge is 2.23. The Balaban J connectivity index is 1.94. The van der Waals surface area contributed by atoms with Crippen LogP contribution in [0.25, 0.3) is 22.4 Å². The minimum atomic E-state index is -0.245. The summed E-state index contributed by atoms with van der Waals surface area (Å²) in [5.74, 6) is 0.241. The third-order valence-electron chi connectivity index (χ3n) is 4.03. The number of nitrogens with zero attached hydrogens (tertiary/aromatic N) is 3. The maximum Gasteiger partial charge on any atom is 0.123 e. The van der Waals surface area contributed by atoms with Crippen LogP contribution in [0.15, 0.2) is 42.6 Å². The molecular weight excluding hydrogens is 279 g/mol. The fourth-order valence-electron chi connectivity index (χ4n) is 3.05. The van der Waals surface area contributed by atoms with E-state index in [1.165, 1.54) is 17.8 Å². The van der Waals surface area contributed by atoms with Crippen LogP contribution in [0.5, 0.6) is 0 Å². The molecule has 22 heavy (non-hydrogen) atoms. The summed E-state index contributed by atoms with van der Waals surface area (Å²) < 4.78 is 15.2. The lowest BCUT2D eigenvalue weighted by Crippen LogP contribution is -1.94. The molecule has 3 aromatic rings. The van der Waals surface area contributed by atoms with Gasteiger partial charge in [0.2, 0.25) is 0 Å². The van der Waals surface area contributed by atoms with Gasteiger partial charge in [-0.1, -0.05) is 0 Å². The number of benzene rings is 1. The maximum absolute atomic E-state index is 13.2. The van der Waals surface area contributed by atoms with E-state index in [0.29, 0.717) is 5.82 Å². The number of fused-ring (bicyclic) bond motifs is 1. The van der Waals surface area contributed by atoms with E-state index >= 15 is 0 Å². The van der Waals surface area contributed by atoms with Crippen molar-refractivity contribution in [2.45, 2.75) is 19.4 Å². The lowest BCUT2D eigenvalue weighted by Gasteiger charge is -2.06. The molecule has 1 aromatic carbocycles. The highest BCUT2D eigenvalue weighted by Crippen LogP contribution is 2.37. The molecule has 0 unspecified atom stereocenters. The second-order valence-electron chi connectivity index (χ2n) is 5.47. The van der Waals surface area contributed by atoms with Gasteiger partial charge in [-0.2, -0.15) is 5.10 Å². The van der Waals surface area contributed by atoms with Crippen LogP contribution in [0, 0.1) is 5.82 Å². The standard InChI is InChI=1S/C17H15FN4/c18-13-5-3-11(4-6-13)17-16(12-7-8-20-15(19)10-12)14-2-1-9-22(14)21-17/h3-8,10H,1-2,9H2,(H2,19,20). The van der Waals surface area contributed by atoms with Crippen molar-refractivity contribution in [3.05, 3.63) is 54.1 Å². The first-order valence-corrected chi connectivity index (χ1v) is 7.30. The molecule has 4 nitrogen and oxygen atoms in total. The molecule has 0 aliphatic carbocycles. The largest absolute Gasteiger partial charge is 0.384 e. The Bertz CT molecular complexity index is 836. The number of aryl methyl sites for hydroxylation is 1. The zero-order valence-electron chi connectivity index (χ0n) is 12.0. The summed E-state index contributed by atoms with van der Waals surface area (Å²) in [5.41, 5.74) is 10.9. The van der Waals surface area contributed by atoms with E-state index in [0.717, 1.165) is 41.8 Å². The summed E-state index contributed by atoms with van der Waals surface area (Å²) in [7, 11) is 0. The van der Waals surface area contributed by atoms with E-state index in [1.54, 1.807) is 18.3 Å². The van der Waals surface area contributed by atoms with Gasteiger partial charge in [0.15, 0.2) is 0 Å². The van der Waals surface area contributed by atoms with Gasteiger partial charge in [-0.15, -0.1) is 0 Å². The Labute approximate surface area is 127 Å². The number of halogens is 1. The molecule has 0 saturated heterocycles. The summed E-state index contributed by atoms with van der Waals surface area (Å²) in [6.07, 6.45) is 3.80. The molecule has 0 fully saturated rings. The molecule has 1 aliphatic rings. The number of anilines is 1. The predicted molar refractivity (Wildman–Crippen MR) is 83.6 cm³/mol. The van der Waals surface area contributed by atoms with Gasteiger partial charge in [-0.25, -0.2) is 9.37 Å². The van der Waals surface area contributed by atoms with Crippen molar-refractivity contribution >= 4 is 5.82 Å². The summed E-state index contributed by atoms with van der Waals surface area (Å²) >= 11 is 0. The molecule has 0 bridgehead atoms. The molecular formula is C17H15FN4. The summed E-state index contributed by atoms with van der Waals surface area (Å²) in [5, 5.41) is 4.73. The minimum absolute atomic E-state index is 0.245. The van der Waals surface area contributed by atoms with Crippen LogP contribution < -0.4 is 5.73 Å². The fourth-order valence-corrected chi connectivity index (χ4v) is 3.05. The van der Waals surface area contributed by atoms with Crippen molar-refractivity contribution in [2.24, 2.45) is 0 Å². The summed E-state index contributed by atoms with van der Waals surface area (Å²) in [6.45, 7) is 0.921. The topological polar surface area (TPSA) is 56.7 Å². The summed E-state index contributed by atoms with van der Waals surface area (Å²) in [4.78, 5) is 4.06. The maximum atomic E-state index is 13.2. The van der Waals surface area contributed by atoms with E-state index in [-0.39, 0.29) is 5.82 Å². The molecule has 110 valence electrons. The second-order valence-corrected chi connectivity index (χ2v) is 5.47. The quantitative estimate of drug-likeness (QED) is 0.789. The minimum Gasteiger partial charge on any atom is -0.384 e. The van der Waals surface area contributed by atoms with Crippen LogP contribution >= 0.6 is 0 Å². The molecule has 5 heteroatoms. The van der Waals surface area contributed by atoms with Gasteiger partial charge < -0.3 is 5.73 Å². The number of rotatable bonds is 2. The van der Waals surface area contributed by atoms with Crippen molar-refractivity contribution in [3.63, 3.8) is 0 Å². The van der Waals surface area contributed by atoms with Crippen LogP contribution in [0.3, 0.4) is 0 Å². The van der Waals surface area contributed by atoms with E-state index in [1.807, 2.05) is 16.8 Å². The number of hydrogen-bond acceptors (Lipinski definition) is 3. The molecule has 0 radical (unpaired) electrons. The van der Waals surface area contributed by atoms with Crippen molar-refractivity contribution in [2.75, 3.05) is 5.73 Å². The van der Waals surface area contributed by atoms with Gasteiger partial charge in [-0.3, -0.25) is 4.68 Å². The van der Waals surface area contributed by atoms with E-state index in [4.69, 9.17) is 10.8 Å². The van der Waals surface area contributed by atoms with Gasteiger partial charge in [0.05, 0.1) is 0 Å². The lowest BCUT2D eigenvalue weighted by atomic mass is 9.98. The third-order valence-corrected chi connectivity index (χ3v) is 4.03. The van der Waals surface area contributed by atoms with Gasteiger partial charge >= 0.3 is 0 Å². The highest BCUT2D eigenvalue weighted by molar-refractivity contribution is 5.83. The predicted octanol–water partition coefficient (Wildman–Crippen LogP) is 3.28. The average Bonchev–Trinajstić information content (AvgIpc) is 3.08. The highest BCUT2D eigenvalue weighted by atomic mass is 19.1. The van der Waals surface area contributed by atoms with E-state index in [2.05, 4.69) is 4.98 Å². The zero-order chi connectivity index (χ0) is 15.1. The van der Waals surface area contributed by atoms with Crippen molar-refractivity contribution in [1.29, 1.82) is 0 Å². The van der Waals surface area contributed by atoms with Gasteiger partial charge in [-0.05, 0) is 54.8 Å². The van der Waals surface area contributed by atoms with Crippen LogP contribution in [0.2, 0.25) is 0 Å². The van der Waals surface area contributed by atoms with Gasteiger partial charge in [0.25, 0.3) is 0 Å². The van der Waals surface area contributed by atoms with E-state index < -0.39 is 0 Å². The number of aromatic nitrogens is 3. The Morgan fingerprint density at radius 2 is 1.91 bits per heavy atom. The number of nitrogens with two attached hydrogens (primary N) is 1. The van der Waals surface area contributed by atoms with Gasteiger partial charge in [0.1, 0.15) is 17.3 Å². The molecule has 0 amide bonds. The molecule has 2 N–H and O–H groups in total. The molecule has 1 aliphatic heterocycles.